The largest absolute Gasteiger partial charge is 0.381 e. The van der Waals surface area contributed by atoms with E-state index in [2.05, 4.69) is 26.6 Å². The van der Waals surface area contributed by atoms with E-state index in [0.29, 0.717) is 6.42 Å². The first-order chi connectivity index (χ1) is 15.3. The predicted molar refractivity (Wildman–Crippen MR) is 115 cm³/mol. The van der Waals surface area contributed by atoms with Gasteiger partial charge in [-0.05, 0) is 12.0 Å². The summed E-state index contributed by atoms with van der Waals surface area (Å²) in [7, 11) is 0. The Kier molecular flexibility index (Phi) is 12.7. The Morgan fingerprint density at radius 2 is 1.53 bits per heavy atom. The highest BCUT2D eigenvalue weighted by molar-refractivity contribution is 5.92. The molecule has 0 bridgehead atoms. The Morgan fingerprint density at radius 3 is 2.19 bits per heavy atom. The molecule has 1 aromatic carbocycles. The van der Waals surface area contributed by atoms with Crippen molar-refractivity contribution in [1.29, 1.82) is 0 Å². The van der Waals surface area contributed by atoms with Crippen LogP contribution in [0.1, 0.15) is 18.4 Å². The van der Waals surface area contributed by atoms with E-state index in [0.717, 1.165) is 5.56 Å². The van der Waals surface area contributed by atoms with Crippen molar-refractivity contribution in [3.63, 3.8) is 0 Å². The van der Waals surface area contributed by atoms with Crippen molar-refractivity contribution in [1.82, 2.24) is 26.6 Å². The maximum absolute atomic E-state index is 12.6. The van der Waals surface area contributed by atoms with Crippen LogP contribution in [0.5, 0.6) is 0 Å². The molecule has 0 radical (unpaired) electrons. The van der Waals surface area contributed by atoms with Gasteiger partial charge in [0.25, 0.3) is 0 Å². The van der Waals surface area contributed by atoms with Crippen molar-refractivity contribution >= 4 is 29.5 Å². The van der Waals surface area contributed by atoms with Gasteiger partial charge >= 0.3 is 0 Å². The van der Waals surface area contributed by atoms with Gasteiger partial charge in [0.15, 0.2) is 0 Å². The van der Waals surface area contributed by atoms with Crippen LogP contribution in [0.4, 0.5) is 0 Å². The number of amides is 5. The van der Waals surface area contributed by atoms with E-state index in [4.69, 9.17) is 10.8 Å². The van der Waals surface area contributed by atoms with Crippen LogP contribution in [0, 0.1) is 0 Å². The molecule has 1 rings (SSSR count). The maximum Gasteiger partial charge on any atom is 0.243 e. The van der Waals surface area contributed by atoms with Crippen molar-refractivity contribution in [3.05, 3.63) is 35.9 Å². The molecule has 0 heterocycles. The van der Waals surface area contributed by atoms with Crippen LogP contribution in [0.15, 0.2) is 30.3 Å². The second-order valence-corrected chi connectivity index (χ2v) is 6.81. The molecule has 1 atom stereocenters. The number of carbonyl (C=O) groups excluding carboxylic acids is 5. The number of benzene rings is 1. The van der Waals surface area contributed by atoms with Crippen molar-refractivity contribution in [2.24, 2.45) is 5.73 Å². The number of rotatable bonds is 15. The van der Waals surface area contributed by atoms with Crippen LogP contribution < -0.4 is 32.3 Å². The minimum absolute atomic E-state index is 0.143. The summed E-state index contributed by atoms with van der Waals surface area (Å²) in [4.78, 5) is 58.9. The van der Waals surface area contributed by atoms with Crippen molar-refractivity contribution in [2.75, 3.05) is 32.9 Å². The number of nitrogens with one attached hydrogen (secondary N) is 5. The van der Waals surface area contributed by atoms with Crippen LogP contribution in [-0.2, 0) is 30.4 Å². The quantitative estimate of drug-likeness (QED) is 0.108. The van der Waals surface area contributed by atoms with Crippen molar-refractivity contribution in [2.45, 2.75) is 25.3 Å². The fourth-order valence-corrected chi connectivity index (χ4v) is 2.56. The first-order valence-electron chi connectivity index (χ1n) is 10.1. The molecule has 0 saturated carbocycles. The van der Waals surface area contributed by atoms with Crippen LogP contribution in [-0.4, -0.2) is 73.6 Å². The summed E-state index contributed by atoms with van der Waals surface area (Å²) in [6.45, 7) is -0.957. The topological polar surface area (TPSA) is 192 Å². The minimum atomic E-state index is -0.972. The number of primary amides is 1. The Hall–Kier alpha value is -3.51. The van der Waals surface area contributed by atoms with Gasteiger partial charge in [-0.3, -0.25) is 29.3 Å². The molecule has 1 aromatic rings. The average Bonchev–Trinajstić information content (AvgIpc) is 2.77. The Balaban J connectivity index is 2.57. The first-order valence-corrected chi connectivity index (χ1v) is 10.1. The van der Waals surface area contributed by atoms with E-state index < -0.39 is 35.6 Å². The summed E-state index contributed by atoms with van der Waals surface area (Å²) < 4.78 is 0. The van der Waals surface area contributed by atoms with Gasteiger partial charge in [-0.15, -0.1) is 0 Å². The summed E-state index contributed by atoms with van der Waals surface area (Å²) in [6, 6.07) is 8.01. The van der Waals surface area contributed by atoms with E-state index >= 15 is 0 Å². The molecule has 0 aliphatic heterocycles. The zero-order valence-electron chi connectivity index (χ0n) is 17.7. The lowest BCUT2D eigenvalue weighted by atomic mass is 10.1. The standard InChI is InChI=1S/C20H30N6O6/c21-16(28)7-4-8-23-18(30)11-25-20(32)15(9-14-5-2-1-3-6-14)26-19(31)12-24-17(29)10-22-13-27/h1-3,5-6,15,22,27H,4,7-13H2,(H2,21,28)(H,23,30)(H,24,29)(H,25,32)(H,26,31). The molecule has 12 heteroatoms. The highest BCUT2D eigenvalue weighted by Gasteiger charge is 2.22. The molecule has 5 amide bonds. The third-order valence-electron chi connectivity index (χ3n) is 4.12. The van der Waals surface area contributed by atoms with E-state index in [9.17, 15) is 24.0 Å². The van der Waals surface area contributed by atoms with Gasteiger partial charge in [0.05, 0.1) is 26.4 Å². The fraction of sp³-hybridized carbons (Fsp3) is 0.450. The van der Waals surface area contributed by atoms with Gasteiger partial charge in [0.2, 0.25) is 29.5 Å². The fourth-order valence-electron chi connectivity index (χ4n) is 2.56. The Bertz CT molecular complexity index is 773. The molecular weight excluding hydrogens is 420 g/mol. The van der Waals surface area contributed by atoms with Gasteiger partial charge in [-0.25, -0.2) is 0 Å². The maximum atomic E-state index is 12.6. The number of nitrogens with two attached hydrogens (primary N) is 1. The van der Waals surface area contributed by atoms with Gasteiger partial charge in [-0.1, -0.05) is 30.3 Å². The molecule has 0 saturated heterocycles. The smallest absolute Gasteiger partial charge is 0.243 e. The Labute approximate surface area is 185 Å². The van der Waals surface area contributed by atoms with Crippen LogP contribution in [0.3, 0.4) is 0 Å². The van der Waals surface area contributed by atoms with Gasteiger partial charge in [0.1, 0.15) is 6.04 Å². The predicted octanol–water partition coefficient (Wildman–Crippen LogP) is -3.13. The van der Waals surface area contributed by atoms with Gasteiger partial charge in [0, 0.05) is 19.4 Å². The summed E-state index contributed by atoms with van der Waals surface area (Å²) in [5, 5.41) is 21.0. The highest BCUT2D eigenvalue weighted by Crippen LogP contribution is 2.03. The second-order valence-electron chi connectivity index (χ2n) is 6.81. The molecule has 32 heavy (non-hydrogen) atoms. The van der Waals surface area contributed by atoms with Crippen LogP contribution in [0.2, 0.25) is 0 Å². The van der Waals surface area contributed by atoms with E-state index in [1.807, 2.05) is 6.07 Å². The number of aliphatic hydroxyl groups is 1. The summed E-state index contributed by atoms with van der Waals surface area (Å²) >= 11 is 0. The molecule has 0 aliphatic rings. The molecule has 1 unspecified atom stereocenters. The number of aliphatic hydroxyl groups excluding tert-OH is 1. The summed E-state index contributed by atoms with van der Waals surface area (Å²) in [6.07, 6.45) is 0.713. The average molecular weight is 450 g/mol. The molecule has 0 aliphatic carbocycles. The SMILES string of the molecule is NC(=O)CCCNC(=O)CNC(=O)C(Cc1ccccc1)NC(=O)CNC(=O)CNCO. The monoisotopic (exact) mass is 450 g/mol. The lowest BCUT2D eigenvalue weighted by Crippen LogP contribution is -2.52. The van der Waals surface area contributed by atoms with Gasteiger partial charge < -0.3 is 32.1 Å². The lowest BCUT2D eigenvalue weighted by Gasteiger charge is -2.19. The third-order valence-corrected chi connectivity index (χ3v) is 4.12. The lowest BCUT2D eigenvalue weighted by molar-refractivity contribution is -0.130. The molecule has 176 valence electrons. The molecule has 8 N–H and O–H groups in total. The highest BCUT2D eigenvalue weighted by atomic mass is 16.3. The Morgan fingerprint density at radius 1 is 0.875 bits per heavy atom. The van der Waals surface area contributed by atoms with Crippen molar-refractivity contribution in [3.8, 4) is 0 Å². The molecule has 0 aromatic heterocycles. The number of hydrogen-bond acceptors (Lipinski definition) is 7. The van der Waals surface area contributed by atoms with E-state index in [1.54, 1.807) is 24.3 Å². The van der Waals surface area contributed by atoms with E-state index in [-0.39, 0.29) is 45.8 Å². The molecule has 0 fully saturated rings. The second kappa shape index (κ2) is 15.3. The van der Waals surface area contributed by atoms with Crippen LogP contribution >= 0.6 is 0 Å². The van der Waals surface area contributed by atoms with Gasteiger partial charge in [-0.2, -0.15) is 0 Å². The summed E-state index contributed by atoms with van der Waals surface area (Å²) in [5.74, 6) is -2.56. The molecular formula is C20H30N6O6. The zero-order valence-corrected chi connectivity index (χ0v) is 17.7. The van der Waals surface area contributed by atoms with E-state index in [1.165, 1.54) is 0 Å². The summed E-state index contributed by atoms with van der Waals surface area (Å²) in [5.41, 5.74) is 5.82. The van der Waals surface area contributed by atoms with Crippen LogP contribution in [0.25, 0.3) is 0 Å². The molecule has 0 spiro atoms. The zero-order chi connectivity index (χ0) is 23.8. The normalized spacial score (nSPS) is 11.2. The molecule has 12 nitrogen and oxygen atoms in total. The van der Waals surface area contributed by atoms with Crippen molar-refractivity contribution < 1.29 is 29.1 Å². The first kappa shape index (κ1) is 26.5. The minimum Gasteiger partial charge on any atom is -0.381 e. The number of carbonyl (C=O) groups is 5. The number of hydrogen-bond donors (Lipinski definition) is 7. The third kappa shape index (κ3) is 12.2.